The van der Waals surface area contributed by atoms with Crippen molar-refractivity contribution in [1.82, 2.24) is 0 Å². The highest BCUT2D eigenvalue weighted by molar-refractivity contribution is 5.14. The number of epoxide rings is 3. The zero-order valence-corrected chi connectivity index (χ0v) is 13.7. The van der Waals surface area contributed by atoms with Gasteiger partial charge in [0.25, 0.3) is 5.97 Å². The van der Waals surface area contributed by atoms with Crippen LogP contribution in [0.25, 0.3) is 0 Å². The van der Waals surface area contributed by atoms with Gasteiger partial charge in [0.2, 0.25) is 0 Å². The summed E-state index contributed by atoms with van der Waals surface area (Å²) in [5.41, 5.74) is 1.23. The predicted molar refractivity (Wildman–Crippen MR) is 84.6 cm³/mol. The van der Waals surface area contributed by atoms with E-state index in [0.29, 0.717) is 26.2 Å². The van der Waals surface area contributed by atoms with Crippen molar-refractivity contribution < 1.29 is 28.4 Å². The molecule has 0 aromatic heterocycles. The number of hydrogen-bond donors (Lipinski definition) is 0. The zero-order valence-electron chi connectivity index (χ0n) is 13.7. The van der Waals surface area contributed by atoms with Gasteiger partial charge in [0.15, 0.2) is 0 Å². The van der Waals surface area contributed by atoms with Gasteiger partial charge in [-0.15, -0.1) is 0 Å². The Balaban J connectivity index is 1.39. The van der Waals surface area contributed by atoms with Crippen LogP contribution in [0.15, 0.2) is 30.3 Å². The lowest BCUT2D eigenvalue weighted by atomic mass is 10.1. The van der Waals surface area contributed by atoms with Crippen LogP contribution in [0.1, 0.15) is 12.0 Å². The molecule has 24 heavy (non-hydrogen) atoms. The number of hydrogen-bond acceptors (Lipinski definition) is 6. The molecular formula is C18H24O6. The van der Waals surface area contributed by atoms with E-state index < -0.39 is 5.97 Å². The molecule has 6 nitrogen and oxygen atoms in total. The van der Waals surface area contributed by atoms with Crippen LogP contribution in [-0.4, -0.2) is 63.9 Å². The fraction of sp³-hybridized carbons (Fsp3) is 0.667. The first-order valence-electron chi connectivity index (χ1n) is 8.62. The van der Waals surface area contributed by atoms with Crippen LogP contribution in [0, 0.1) is 0 Å². The average molecular weight is 336 g/mol. The molecular weight excluding hydrogens is 312 g/mol. The first-order valence-corrected chi connectivity index (χ1v) is 8.62. The van der Waals surface area contributed by atoms with Gasteiger partial charge in [-0.25, -0.2) is 0 Å². The van der Waals surface area contributed by atoms with Crippen molar-refractivity contribution in [3.63, 3.8) is 0 Å². The van der Waals surface area contributed by atoms with Gasteiger partial charge in [-0.05, 0) is 12.0 Å². The molecule has 3 unspecified atom stereocenters. The molecule has 3 heterocycles. The van der Waals surface area contributed by atoms with Crippen molar-refractivity contribution in [1.29, 1.82) is 0 Å². The Hall–Kier alpha value is -1.02. The third-order valence-corrected chi connectivity index (χ3v) is 4.24. The van der Waals surface area contributed by atoms with Crippen LogP contribution in [-0.2, 0) is 34.8 Å². The van der Waals surface area contributed by atoms with E-state index in [9.17, 15) is 0 Å². The molecule has 3 aliphatic rings. The Bertz CT molecular complexity index is 469. The molecule has 0 aliphatic carbocycles. The lowest BCUT2D eigenvalue weighted by Crippen LogP contribution is -2.43. The summed E-state index contributed by atoms with van der Waals surface area (Å²) in [6.45, 7) is 3.66. The van der Waals surface area contributed by atoms with E-state index in [1.807, 2.05) is 18.2 Å². The van der Waals surface area contributed by atoms with Crippen molar-refractivity contribution in [2.24, 2.45) is 0 Å². The van der Waals surface area contributed by atoms with E-state index in [-0.39, 0.29) is 18.3 Å². The number of rotatable bonds is 12. The van der Waals surface area contributed by atoms with Gasteiger partial charge < -0.3 is 28.4 Å². The van der Waals surface area contributed by atoms with Crippen LogP contribution in [0.3, 0.4) is 0 Å². The molecule has 3 fully saturated rings. The summed E-state index contributed by atoms with van der Waals surface area (Å²) < 4.78 is 33.9. The monoisotopic (exact) mass is 336 g/mol. The minimum Gasteiger partial charge on any atom is -0.371 e. The van der Waals surface area contributed by atoms with E-state index in [4.69, 9.17) is 28.4 Å². The molecule has 0 saturated carbocycles. The minimum atomic E-state index is -1.07. The second kappa shape index (κ2) is 7.47. The Morgan fingerprint density at radius 3 is 1.67 bits per heavy atom. The molecule has 0 N–H and O–H groups in total. The van der Waals surface area contributed by atoms with Crippen LogP contribution >= 0.6 is 0 Å². The second-order valence-electron chi connectivity index (χ2n) is 6.47. The molecule has 0 spiro atoms. The standard InChI is InChI=1S/C18H24O6/c1-2-4-14(5-3-1)6-7-18(22-11-15-8-19-15,23-12-16-9-20-16)24-13-17-10-21-17/h1-5,15-17H,6-13H2. The zero-order chi connectivity index (χ0) is 16.2. The molecule has 132 valence electrons. The van der Waals surface area contributed by atoms with Gasteiger partial charge >= 0.3 is 0 Å². The van der Waals surface area contributed by atoms with Crippen molar-refractivity contribution in [2.75, 3.05) is 39.6 Å². The quantitative estimate of drug-likeness (QED) is 0.426. The van der Waals surface area contributed by atoms with Gasteiger partial charge in [0.1, 0.15) is 18.3 Å². The van der Waals surface area contributed by atoms with Crippen molar-refractivity contribution in [2.45, 2.75) is 37.1 Å². The van der Waals surface area contributed by atoms with Gasteiger partial charge in [-0.1, -0.05) is 30.3 Å². The molecule has 6 heteroatoms. The first kappa shape index (κ1) is 16.4. The van der Waals surface area contributed by atoms with Crippen molar-refractivity contribution >= 4 is 0 Å². The number of ether oxygens (including phenoxy) is 6. The first-order chi connectivity index (χ1) is 11.8. The fourth-order valence-corrected chi connectivity index (χ4v) is 2.44. The molecule has 0 amide bonds. The van der Waals surface area contributed by atoms with Crippen LogP contribution < -0.4 is 0 Å². The summed E-state index contributed by atoms with van der Waals surface area (Å²) in [6, 6.07) is 10.3. The summed E-state index contributed by atoms with van der Waals surface area (Å²) >= 11 is 0. The number of benzene rings is 1. The molecule has 3 aliphatic heterocycles. The van der Waals surface area contributed by atoms with E-state index >= 15 is 0 Å². The third-order valence-electron chi connectivity index (χ3n) is 4.24. The Morgan fingerprint density at radius 1 is 0.792 bits per heavy atom. The van der Waals surface area contributed by atoms with Gasteiger partial charge in [-0.3, -0.25) is 0 Å². The molecule has 1 aromatic rings. The fourth-order valence-electron chi connectivity index (χ4n) is 2.44. The smallest absolute Gasteiger partial charge is 0.283 e. The highest BCUT2D eigenvalue weighted by Crippen LogP contribution is 2.28. The summed E-state index contributed by atoms with van der Waals surface area (Å²) in [5.74, 6) is -1.07. The van der Waals surface area contributed by atoms with E-state index in [2.05, 4.69) is 12.1 Å². The summed E-state index contributed by atoms with van der Waals surface area (Å²) in [6.07, 6.45) is 1.89. The van der Waals surface area contributed by atoms with E-state index in [1.54, 1.807) is 0 Å². The lowest BCUT2D eigenvalue weighted by Gasteiger charge is -2.33. The van der Waals surface area contributed by atoms with Gasteiger partial charge in [0.05, 0.1) is 39.6 Å². The maximum absolute atomic E-state index is 6.05. The highest BCUT2D eigenvalue weighted by atomic mass is 16.9. The highest BCUT2D eigenvalue weighted by Gasteiger charge is 2.40. The van der Waals surface area contributed by atoms with Crippen molar-refractivity contribution in [3.05, 3.63) is 35.9 Å². The van der Waals surface area contributed by atoms with Crippen LogP contribution in [0.4, 0.5) is 0 Å². The molecule has 1 aromatic carbocycles. The summed E-state index contributed by atoms with van der Waals surface area (Å²) in [4.78, 5) is 0. The largest absolute Gasteiger partial charge is 0.371 e. The maximum Gasteiger partial charge on any atom is 0.283 e. The van der Waals surface area contributed by atoms with E-state index in [1.165, 1.54) is 5.56 Å². The van der Waals surface area contributed by atoms with Gasteiger partial charge in [0, 0.05) is 6.42 Å². The average Bonchev–Trinajstić information content (AvgIpc) is 3.49. The molecule has 4 rings (SSSR count). The maximum atomic E-state index is 6.05. The predicted octanol–water partition coefficient (Wildman–Crippen LogP) is 1.52. The molecule has 3 saturated heterocycles. The van der Waals surface area contributed by atoms with E-state index in [0.717, 1.165) is 26.2 Å². The summed E-state index contributed by atoms with van der Waals surface area (Å²) in [5, 5.41) is 0. The Labute approximate surface area is 141 Å². The molecule has 3 atom stereocenters. The molecule has 0 bridgehead atoms. The van der Waals surface area contributed by atoms with Gasteiger partial charge in [-0.2, -0.15) is 0 Å². The molecule has 0 radical (unpaired) electrons. The summed E-state index contributed by atoms with van der Waals surface area (Å²) in [7, 11) is 0. The minimum absolute atomic E-state index is 0.155. The van der Waals surface area contributed by atoms with Crippen molar-refractivity contribution in [3.8, 4) is 0 Å². The second-order valence-corrected chi connectivity index (χ2v) is 6.47. The third kappa shape index (κ3) is 5.24. The SMILES string of the molecule is c1ccc(CCC(OCC2CO2)(OCC2CO2)OCC2CO2)cc1. The van der Waals surface area contributed by atoms with Crippen LogP contribution in [0.2, 0.25) is 0 Å². The topological polar surface area (TPSA) is 65.3 Å². The normalized spacial score (nSPS) is 29.9. The Morgan fingerprint density at radius 2 is 1.25 bits per heavy atom. The number of aryl methyl sites for hydroxylation is 1. The Kier molecular flexibility index (Phi) is 5.12. The lowest BCUT2D eigenvalue weighted by molar-refractivity contribution is -0.385. The van der Waals surface area contributed by atoms with Crippen LogP contribution in [0.5, 0.6) is 0 Å².